The summed E-state index contributed by atoms with van der Waals surface area (Å²) in [5.74, 6) is 2.47. The number of rotatable bonds is 1. The van der Waals surface area contributed by atoms with Gasteiger partial charge in [0, 0.05) is 0 Å². The van der Waals surface area contributed by atoms with Crippen molar-refractivity contribution >= 4 is 0 Å². The molecular formula is C22H33F3O. The zero-order chi connectivity index (χ0) is 18.7. The van der Waals surface area contributed by atoms with E-state index < -0.39 is 11.8 Å². The van der Waals surface area contributed by atoms with E-state index in [4.69, 9.17) is 0 Å². The fourth-order valence-corrected chi connectivity index (χ4v) is 7.57. The van der Waals surface area contributed by atoms with E-state index in [1.807, 2.05) is 0 Å². The first-order chi connectivity index (χ1) is 12.2. The van der Waals surface area contributed by atoms with Crippen LogP contribution in [0.5, 0.6) is 0 Å². The van der Waals surface area contributed by atoms with Crippen molar-refractivity contribution in [1.29, 1.82) is 0 Å². The van der Waals surface area contributed by atoms with Gasteiger partial charge in [-0.25, -0.2) is 0 Å². The summed E-state index contributed by atoms with van der Waals surface area (Å²) in [5.41, 5.74) is -0.444. The first-order valence-electron chi connectivity index (χ1n) is 10.7. The van der Waals surface area contributed by atoms with E-state index in [1.165, 1.54) is 25.7 Å². The number of aliphatic hydroxyl groups is 1. The maximum atomic E-state index is 13.3. The van der Waals surface area contributed by atoms with Crippen LogP contribution in [-0.2, 0) is 0 Å². The van der Waals surface area contributed by atoms with Crippen molar-refractivity contribution in [1.82, 2.24) is 0 Å². The first-order valence-corrected chi connectivity index (χ1v) is 10.7. The molecule has 7 atom stereocenters. The number of hydrogen-bond acceptors (Lipinski definition) is 1. The number of fused-ring (bicyclic) bond motifs is 5. The lowest BCUT2D eigenvalue weighted by molar-refractivity contribution is -0.282. The fraction of sp³-hybridized carbons (Fsp3) is 0.909. The van der Waals surface area contributed by atoms with Gasteiger partial charge < -0.3 is 5.11 Å². The van der Waals surface area contributed by atoms with Crippen molar-refractivity contribution < 1.29 is 18.3 Å². The van der Waals surface area contributed by atoms with E-state index in [1.54, 1.807) is 5.57 Å². The molecule has 1 N–H and O–H groups in total. The maximum Gasteiger partial charge on any atom is 0.417 e. The summed E-state index contributed by atoms with van der Waals surface area (Å²) in [4.78, 5) is 0. The Bertz CT molecular complexity index is 582. The quantitative estimate of drug-likeness (QED) is 0.539. The molecule has 26 heavy (non-hydrogen) atoms. The first kappa shape index (κ1) is 18.8. The molecule has 0 aromatic rings. The van der Waals surface area contributed by atoms with Gasteiger partial charge in [-0.05, 0) is 99.2 Å². The highest BCUT2D eigenvalue weighted by Gasteiger charge is 2.61. The monoisotopic (exact) mass is 370 g/mol. The highest BCUT2D eigenvalue weighted by Crippen LogP contribution is 2.65. The third-order valence-corrected chi connectivity index (χ3v) is 8.84. The summed E-state index contributed by atoms with van der Waals surface area (Å²) < 4.78 is 39.9. The molecule has 4 fully saturated rings. The Balaban J connectivity index is 1.53. The normalized spacial score (nSPS) is 50.2. The Morgan fingerprint density at radius 1 is 1.04 bits per heavy atom. The molecule has 4 heteroatoms. The lowest BCUT2D eigenvalue weighted by atomic mass is 9.49. The topological polar surface area (TPSA) is 20.2 Å². The van der Waals surface area contributed by atoms with Crippen LogP contribution in [0.25, 0.3) is 0 Å². The van der Waals surface area contributed by atoms with E-state index in [0.717, 1.165) is 25.2 Å². The van der Waals surface area contributed by atoms with E-state index in [9.17, 15) is 18.3 Å². The second-order valence-electron chi connectivity index (χ2n) is 9.84. The van der Waals surface area contributed by atoms with Crippen LogP contribution in [0, 0.1) is 35.0 Å². The highest BCUT2D eigenvalue weighted by atomic mass is 19.4. The Hall–Kier alpha value is -0.510. The Morgan fingerprint density at radius 3 is 2.46 bits per heavy atom. The van der Waals surface area contributed by atoms with Crippen molar-refractivity contribution in [3.8, 4) is 0 Å². The summed E-state index contributed by atoms with van der Waals surface area (Å²) in [7, 11) is 0. The van der Waals surface area contributed by atoms with Gasteiger partial charge in [0.05, 0.1) is 0 Å². The van der Waals surface area contributed by atoms with Crippen LogP contribution in [0.3, 0.4) is 0 Å². The molecule has 4 aliphatic rings. The van der Waals surface area contributed by atoms with Crippen LogP contribution in [-0.4, -0.2) is 16.9 Å². The number of hydrogen-bond donors (Lipinski definition) is 1. The van der Waals surface area contributed by atoms with Crippen molar-refractivity contribution in [2.75, 3.05) is 0 Å². The molecule has 0 aliphatic heterocycles. The van der Waals surface area contributed by atoms with Gasteiger partial charge in [-0.3, -0.25) is 0 Å². The molecule has 1 nitrogen and oxygen atoms in total. The molecule has 0 amide bonds. The lowest BCUT2D eigenvalue weighted by Gasteiger charge is -2.56. The summed E-state index contributed by atoms with van der Waals surface area (Å²) in [5, 5.41) is 10.2. The maximum absolute atomic E-state index is 13.3. The predicted molar refractivity (Wildman–Crippen MR) is 96.5 cm³/mol. The lowest BCUT2D eigenvalue weighted by Crippen LogP contribution is -2.54. The summed E-state index contributed by atoms with van der Waals surface area (Å²) in [6.07, 6.45) is 6.28. The minimum Gasteiger partial charge on any atom is -0.380 e. The zero-order valence-electron chi connectivity index (χ0n) is 16.1. The van der Waals surface area contributed by atoms with Crippen molar-refractivity contribution in [3.63, 3.8) is 0 Å². The van der Waals surface area contributed by atoms with Gasteiger partial charge in [0.25, 0.3) is 0 Å². The third-order valence-electron chi connectivity index (χ3n) is 8.84. The van der Waals surface area contributed by atoms with Gasteiger partial charge in [0.15, 0.2) is 5.60 Å². The van der Waals surface area contributed by atoms with Gasteiger partial charge in [-0.15, -0.1) is 0 Å². The van der Waals surface area contributed by atoms with Gasteiger partial charge in [0.1, 0.15) is 0 Å². The van der Waals surface area contributed by atoms with Crippen molar-refractivity contribution in [2.24, 2.45) is 35.0 Å². The molecular weight excluding hydrogens is 337 g/mol. The molecule has 0 saturated heterocycles. The second kappa shape index (κ2) is 6.25. The molecule has 0 heterocycles. The van der Waals surface area contributed by atoms with E-state index >= 15 is 0 Å². The number of allylic oxidation sites excluding steroid dienone is 2. The summed E-state index contributed by atoms with van der Waals surface area (Å²) in [6.45, 7) is 4.67. The van der Waals surface area contributed by atoms with Crippen LogP contribution >= 0.6 is 0 Å². The van der Waals surface area contributed by atoms with E-state index in [0.29, 0.717) is 29.6 Å². The van der Waals surface area contributed by atoms with Crippen molar-refractivity contribution in [3.05, 3.63) is 11.6 Å². The van der Waals surface area contributed by atoms with E-state index in [-0.39, 0.29) is 18.8 Å². The Kier molecular flexibility index (Phi) is 4.53. The van der Waals surface area contributed by atoms with Gasteiger partial charge in [0.2, 0.25) is 0 Å². The van der Waals surface area contributed by atoms with E-state index in [2.05, 4.69) is 19.9 Å². The number of alkyl halides is 3. The molecule has 0 aromatic carbocycles. The average Bonchev–Trinajstić information content (AvgIpc) is 2.90. The molecule has 0 spiro atoms. The Morgan fingerprint density at radius 2 is 1.77 bits per heavy atom. The van der Waals surface area contributed by atoms with Crippen LogP contribution in [0.15, 0.2) is 11.6 Å². The molecule has 4 saturated carbocycles. The average molecular weight is 370 g/mol. The van der Waals surface area contributed by atoms with Crippen LogP contribution < -0.4 is 0 Å². The summed E-state index contributed by atoms with van der Waals surface area (Å²) >= 11 is 0. The molecule has 0 aromatic heterocycles. The van der Waals surface area contributed by atoms with Gasteiger partial charge in [-0.1, -0.05) is 25.5 Å². The minimum atomic E-state index is -4.48. The SMILES string of the molecule is CC/C=C1/CC[C@H]2C3CC[C@@H]4CC(O)(C(F)(F)F)CC[C@@H]4[C@H]3CC[C@]12C. The van der Waals surface area contributed by atoms with Crippen molar-refractivity contribution in [2.45, 2.75) is 89.8 Å². The molecule has 4 aliphatic carbocycles. The Labute approximate surface area is 155 Å². The summed E-state index contributed by atoms with van der Waals surface area (Å²) in [6, 6.07) is 0. The van der Waals surface area contributed by atoms with Crippen LogP contribution in [0.1, 0.15) is 78.1 Å². The zero-order valence-corrected chi connectivity index (χ0v) is 16.1. The molecule has 2 unspecified atom stereocenters. The minimum absolute atomic E-state index is 0.0622. The predicted octanol–water partition coefficient (Wildman–Crippen LogP) is 6.27. The molecule has 0 radical (unpaired) electrons. The smallest absolute Gasteiger partial charge is 0.380 e. The standard InChI is InChI=1S/C22H33F3O/c1-3-4-15-6-8-19-18-7-5-14-13-21(26,22(23,24)25)12-10-16(14)17(18)9-11-20(15,19)2/h4,14,16-19,26H,3,5-13H2,1-2H3/b15-4-/t14-,16+,17-,18?,19+,20-,21?/m1/s1. The molecule has 148 valence electrons. The van der Waals surface area contributed by atoms with Gasteiger partial charge >= 0.3 is 6.18 Å². The van der Waals surface area contributed by atoms with Crippen LogP contribution in [0.4, 0.5) is 13.2 Å². The fourth-order valence-electron chi connectivity index (χ4n) is 7.57. The van der Waals surface area contributed by atoms with Gasteiger partial charge in [-0.2, -0.15) is 13.2 Å². The largest absolute Gasteiger partial charge is 0.417 e. The molecule has 0 bridgehead atoms. The second-order valence-corrected chi connectivity index (χ2v) is 9.84. The molecule has 4 rings (SSSR count). The highest BCUT2D eigenvalue weighted by molar-refractivity contribution is 5.23. The third kappa shape index (κ3) is 2.69. The number of halogens is 3. The van der Waals surface area contributed by atoms with Crippen LogP contribution in [0.2, 0.25) is 0 Å².